The van der Waals surface area contributed by atoms with Crippen LogP contribution in [0.5, 0.6) is 0 Å². The van der Waals surface area contributed by atoms with Gasteiger partial charge in [-0.15, -0.1) is 0 Å². The van der Waals surface area contributed by atoms with Crippen LogP contribution in [-0.2, 0) is 24.3 Å². The van der Waals surface area contributed by atoms with Gasteiger partial charge in [-0.3, -0.25) is 4.79 Å². The van der Waals surface area contributed by atoms with E-state index in [2.05, 4.69) is 9.47 Å². The molecule has 10 heteroatoms. The molecule has 0 amide bonds. The molecule has 0 aliphatic rings. The standard InChI is InChI=1S/C14H17NO8S/c1-15(7-6-12(16)17)24(20,21)11-8-9(13(18)22-2)4-5-10(11)14(19)23-3/h4-5,8H,6-7H2,1-3H3,(H,16,17). The number of benzene rings is 1. The molecule has 1 rings (SSSR count). The number of carboxylic acids is 1. The highest BCUT2D eigenvalue weighted by Crippen LogP contribution is 2.23. The summed E-state index contributed by atoms with van der Waals surface area (Å²) in [6, 6.07) is 3.36. The highest BCUT2D eigenvalue weighted by atomic mass is 32.2. The van der Waals surface area contributed by atoms with Crippen molar-refractivity contribution in [1.82, 2.24) is 4.31 Å². The molecule has 1 aromatic carbocycles. The summed E-state index contributed by atoms with van der Waals surface area (Å²) in [5.41, 5.74) is -0.345. The summed E-state index contributed by atoms with van der Waals surface area (Å²) in [5, 5.41) is 8.67. The first kappa shape index (κ1) is 19.6. The Balaban J connectivity index is 3.42. The lowest BCUT2D eigenvalue weighted by Gasteiger charge is -2.18. The summed E-state index contributed by atoms with van der Waals surface area (Å²) in [5.74, 6) is -2.86. The van der Waals surface area contributed by atoms with Crippen LogP contribution in [-0.4, -0.2) is 63.5 Å². The first-order valence-electron chi connectivity index (χ1n) is 6.64. The lowest BCUT2D eigenvalue weighted by molar-refractivity contribution is -0.137. The van der Waals surface area contributed by atoms with E-state index in [0.29, 0.717) is 0 Å². The zero-order valence-electron chi connectivity index (χ0n) is 13.3. The molecule has 0 saturated carbocycles. The van der Waals surface area contributed by atoms with Gasteiger partial charge in [-0.25, -0.2) is 22.3 Å². The van der Waals surface area contributed by atoms with Crippen molar-refractivity contribution in [1.29, 1.82) is 0 Å². The Labute approximate surface area is 138 Å². The number of carboxylic acid groups (broad SMARTS) is 1. The van der Waals surface area contributed by atoms with Crippen molar-refractivity contribution in [3.8, 4) is 0 Å². The summed E-state index contributed by atoms with van der Waals surface area (Å²) >= 11 is 0. The lowest BCUT2D eigenvalue weighted by atomic mass is 10.1. The molecule has 0 atom stereocenters. The van der Waals surface area contributed by atoms with Crippen LogP contribution in [0.3, 0.4) is 0 Å². The van der Waals surface area contributed by atoms with Crippen molar-refractivity contribution >= 4 is 27.9 Å². The molecule has 0 radical (unpaired) electrons. The van der Waals surface area contributed by atoms with Crippen molar-refractivity contribution in [2.45, 2.75) is 11.3 Å². The maximum absolute atomic E-state index is 12.6. The highest BCUT2D eigenvalue weighted by Gasteiger charge is 2.28. The van der Waals surface area contributed by atoms with E-state index < -0.39 is 39.2 Å². The Morgan fingerprint density at radius 1 is 1.12 bits per heavy atom. The lowest BCUT2D eigenvalue weighted by Crippen LogP contribution is -2.30. The number of nitrogens with zero attached hydrogens (tertiary/aromatic N) is 1. The smallest absolute Gasteiger partial charge is 0.339 e. The van der Waals surface area contributed by atoms with Crippen molar-refractivity contribution in [3.05, 3.63) is 29.3 Å². The third-order valence-corrected chi connectivity index (χ3v) is 5.03. The van der Waals surface area contributed by atoms with E-state index in [-0.39, 0.29) is 17.7 Å². The number of carbonyl (C=O) groups is 3. The summed E-state index contributed by atoms with van der Waals surface area (Å²) < 4.78 is 35.1. The Morgan fingerprint density at radius 2 is 1.71 bits per heavy atom. The maximum Gasteiger partial charge on any atom is 0.339 e. The number of sulfonamides is 1. The van der Waals surface area contributed by atoms with Crippen molar-refractivity contribution in [3.63, 3.8) is 0 Å². The largest absolute Gasteiger partial charge is 0.481 e. The topological polar surface area (TPSA) is 127 Å². The Hall–Kier alpha value is -2.46. The quantitative estimate of drug-likeness (QED) is 0.691. The average Bonchev–Trinajstić information content (AvgIpc) is 2.57. The first-order chi connectivity index (χ1) is 11.1. The fourth-order valence-corrected chi connectivity index (χ4v) is 3.17. The van der Waals surface area contributed by atoms with E-state index in [0.717, 1.165) is 30.7 Å². The van der Waals surface area contributed by atoms with E-state index in [1.807, 2.05) is 0 Å². The normalized spacial score (nSPS) is 11.2. The van der Waals surface area contributed by atoms with Crippen LogP contribution in [0.2, 0.25) is 0 Å². The molecular weight excluding hydrogens is 342 g/mol. The number of rotatable bonds is 7. The van der Waals surface area contributed by atoms with Gasteiger partial charge in [-0.05, 0) is 18.2 Å². The molecule has 0 fully saturated rings. The molecule has 132 valence electrons. The van der Waals surface area contributed by atoms with Crippen LogP contribution < -0.4 is 0 Å². The van der Waals surface area contributed by atoms with Crippen LogP contribution >= 0.6 is 0 Å². The van der Waals surface area contributed by atoms with Gasteiger partial charge in [0.05, 0.1) is 36.7 Å². The number of aliphatic carboxylic acids is 1. The molecule has 0 bridgehead atoms. The van der Waals surface area contributed by atoms with E-state index in [1.165, 1.54) is 13.1 Å². The molecule has 0 saturated heterocycles. The maximum atomic E-state index is 12.6. The van der Waals surface area contributed by atoms with E-state index >= 15 is 0 Å². The Bertz CT molecular complexity index is 756. The van der Waals surface area contributed by atoms with Crippen molar-refractivity contribution in [2.24, 2.45) is 0 Å². The fraction of sp³-hybridized carbons (Fsp3) is 0.357. The summed E-state index contributed by atoms with van der Waals surface area (Å²) in [6.45, 7) is -0.305. The number of methoxy groups -OCH3 is 2. The second-order valence-electron chi connectivity index (χ2n) is 4.66. The Kier molecular flexibility index (Phi) is 6.43. The molecule has 24 heavy (non-hydrogen) atoms. The second-order valence-corrected chi connectivity index (χ2v) is 6.68. The van der Waals surface area contributed by atoms with Crippen molar-refractivity contribution < 1.29 is 37.4 Å². The average molecular weight is 359 g/mol. The minimum atomic E-state index is -4.22. The van der Waals surface area contributed by atoms with Gasteiger partial charge in [-0.2, -0.15) is 0 Å². The molecular formula is C14H17NO8S. The highest BCUT2D eigenvalue weighted by molar-refractivity contribution is 7.89. The zero-order valence-corrected chi connectivity index (χ0v) is 14.1. The van der Waals surface area contributed by atoms with Gasteiger partial charge in [-0.1, -0.05) is 0 Å². The molecule has 9 nitrogen and oxygen atoms in total. The molecule has 0 heterocycles. The molecule has 0 spiro atoms. The van der Waals surface area contributed by atoms with Gasteiger partial charge in [0.15, 0.2) is 0 Å². The van der Waals surface area contributed by atoms with E-state index in [9.17, 15) is 22.8 Å². The van der Waals surface area contributed by atoms with Gasteiger partial charge in [0.2, 0.25) is 10.0 Å². The fourth-order valence-electron chi connectivity index (χ4n) is 1.80. The summed E-state index contributed by atoms with van der Waals surface area (Å²) in [6.07, 6.45) is -0.417. The van der Waals surface area contributed by atoms with Crippen LogP contribution in [0.1, 0.15) is 27.1 Å². The van der Waals surface area contributed by atoms with E-state index in [1.54, 1.807) is 0 Å². The van der Waals surface area contributed by atoms with E-state index in [4.69, 9.17) is 5.11 Å². The van der Waals surface area contributed by atoms with Crippen LogP contribution in [0.25, 0.3) is 0 Å². The van der Waals surface area contributed by atoms with Crippen LogP contribution in [0.15, 0.2) is 23.1 Å². The summed E-state index contributed by atoms with van der Waals surface area (Å²) in [7, 11) is -0.839. The first-order valence-corrected chi connectivity index (χ1v) is 8.08. The third kappa shape index (κ3) is 4.30. The van der Waals surface area contributed by atoms with Crippen LogP contribution in [0.4, 0.5) is 0 Å². The molecule has 0 aromatic heterocycles. The predicted octanol–water partition coefficient (Wildman–Crippen LogP) is 0.355. The number of carbonyl (C=O) groups excluding carboxylic acids is 2. The minimum absolute atomic E-state index is 0.0737. The SMILES string of the molecule is COC(=O)c1ccc(C(=O)OC)c(S(=O)(=O)N(C)CCC(=O)O)c1. The van der Waals surface area contributed by atoms with Crippen molar-refractivity contribution in [2.75, 3.05) is 27.8 Å². The predicted molar refractivity (Wildman–Crippen MR) is 81.2 cm³/mol. The molecule has 0 aliphatic carbocycles. The van der Waals surface area contributed by atoms with Gasteiger partial charge in [0.1, 0.15) is 0 Å². The molecule has 1 aromatic rings. The van der Waals surface area contributed by atoms with Crippen LogP contribution in [0, 0.1) is 0 Å². The number of ether oxygens (including phenoxy) is 2. The molecule has 1 N–H and O–H groups in total. The monoisotopic (exact) mass is 359 g/mol. The van der Waals surface area contributed by atoms with Gasteiger partial charge < -0.3 is 14.6 Å². The zero-order chi connectivity index (χ0) is 18.5. The second kappa shape index (κ2) is 7.88. The molecule has 0 aliphatic heterocycles. The Morgan fingerprint density at radius 3 is 2.21 bits per heavy atom. The van der Waals surface area contributed by atoms with Gasteiger partial charge in [0, 0.05) is 13.6 Å². The number of hydrogen-bond donors (Lipinski definition) is 1. The minimum Gasteiger partial charge on any atom is -0.481 e. The third-order valence-electron chi connectivity index (χ3n) is 3.14. The van der Waals surface area contributed by atoms with Gasteiger partial charge >= 0.3 is 17.9 Å². The summed E-state index contributed by atoms with van der Waals surface area (Å²) in [4.78, 5) is 33.6. The number of esters is 2. The van der Waals surface area contributed by atoms with Gasteiger partial charge in [0.25, 0.3) is 0 Å². The number of hydrogen-bond acceptors (Lipinski definition) is 7. The molecule has 0 unspecified atom stereocenters.